The van der Waals surface area contributed by atoms with Gasteiger partial charge in [-0.15, -0.1) is 16.4 Å². The number of amides is 1. The highest BCUT2D eigenvalue weighted by Gasteiger charge is 2.33. The number of rotatable bonds is 8. The molecule has 0 spiro atoms. The molecule has 1 saturated heterocycles. The van der Waals surface area contributed by atoms with E-state index in [1.54, 1.807) is 34.2 Å². The lowest BCUT2D eigenvalue weighted by atomic mass is 10.1. The van der Waals surface area contributed by atoms with Crippen LogP contribution in [0.2, 0.25) is 0 Å². The van der Waals surface area contributed by atoms with Crippen molar-refractivity contribution in [1.29, 1.82) is 0 Å². The number of hydrogen-bond donors (Lipinski definition) is 1. The third-order valence-corrected chi connectivity index (χ3v) is 5.74. The first-order valence-electron chi connectivity index (χ1n) is 10.4. The molecule has 33 heavy (non-hydrogen) atoms. The fourth-order valence-electron chi connectivity index (χ4n) is 3.49. The quantitative estimate of drug-likeness (QED) is 0.504. The van der Waals surface area contributed by atoms with Gasteiger partial charge in [-0.3, -0.25) is 4.79 Å². The van der Waals surface area contributed by atoms with Crippen LogP contribution < -0.4 is 14.9 Å². The number of hydrogen-bond acceptors (Lipinski definition) is 6. The van der Waals surface area contributed by atoms with E-state index in [-0.39, 0.29) is 18.6 Å². The molecule has 10 heteroatoms. The van der Waals surface area contributed by atoms with E-state index in [0.29, 0.717) is 36.7 Å². The van der Waals surface area contributed by atoms with Crippen LogP contribution in [0.4, 0.5) is 13.2 Å². The van der Waals surface area contributed by atoms with Crippen LogP contribution in [0.1, 0.15) is 29.5 Å². The number of nitrogens with one attached hydrogen (secondary N) is 1. The Hall–Kier alpha value is -3.11. The molecule has 2 heterocycles. The van der Waals surface area contributed by atoms with Gasteiger partial charge in [-0.05, 0) is 48.2 Å². The van der Waals surface area contributed by atoms with E-state index < -0.39 is 11.7 Å². The van der Waals surface area contributed by atoms with Gasteiger partial charge >= 0.3 is 6.18 Å². The van der Waals surface area contributed by atoms with Crippen LogP contribution in [0.25, 0.3) is 0 Å². The number of carbonyl (C=O) groups is 1. The lowest BCUT2D eigenvalue weighted by Crippen LogP contribution is -2.44. The van der Waals surface area contributed by atoms with Crippen molar-refractivity contribution in [3.8, 4) is 11.6 Å². The van der Waals surface area contributed by atoms with Gasteiger partial charge in [0.1, 0.15) is 18.4 Å². The van der Waals surface area contributed by atoms with Crippen molar-refractivity contribution in [3.05, 3.63) is 76.1 Å². The van der Waals surface area contributed by atoms with Gasteiger partial charge in [-0.2, -0.15) is 13.2 Å². The molecule has 2 aromatic carbocycles. The van der Waals surface area contributed by atoms with E-state index in [4.69, 9.17) is 9.57 Å². The average Bonchev–Trinajstić information content (AvgIpc) is 3.49. The maximum absolute atomic E-state index is 12.7. The Balaban J connectivity index is 1.28. The van der Waals surface area contributed by atoms with Gasteiger partial charge < -0.3 is 14.9 Å². The van der Waals surface area contributed by atoms with Crippen LogP contribution in [-0.4, -0.2) is 28.5 Å². The number of carbonyl (C=O) groups excluding carboxylic acids is 1. The third kappa shape index (κ3) is 6.23. The monoisotopic (exact) mass is 477 g/mol. The Morgan fingerprint density at radius 3 is 2.73 bits per heavy atom. The number of aromatic nitrogens is 1. The predicted octanol–water partition coefficient (Wildman–Crippen LogP) is 4.82. The Kier molecular flexibility index (Phi) is 7.14. The minimum Gasteiger partial charge on any atom is -0.489 e. The van der Waals surface area contributed by atoms with Crippen molar-refractivity contribution in [1.82, 2.24) is 15.4 Å². The minimum atomic E-state index is -4.36. The van der Waals surface area contributed by atoms with Gasteiger partial charge in [0.15, 0.2) is 0 Å². The highest BCUT2D eigenvalue weighted by Crippen LogP contribution is 2.29. The molecule has 3 aromatic rings. The number of halogens is 3. The van der Waals surface area contributed by atoms with Gasteiger partial charge in [0.05, 0.1) is 16.5 Å². The van der Waals surface area contributed by atoms with Gasteiger partial charge in [-0.25, -0.2) is 4.98 Å². The summed E-state index contributed by atoms with van der Waals surface area (Å²) in [5, 5.41) is 6.37. The third-order valence-electron chi connectivity index (χ3n) is 5.18. The topological polar surface area (TPSA) is 63.7 Å². The number of alkyl halides is 3. The maximum atomic E-state index is 12.7. The average molecular weight is 478 g/mol. The summed E-state index contributed by atoms with van der Waals surface area (Å²) in [6.07, 6.45) is -2.80. The van der Waals surface area contributed by atoms with E-state index in [1.807, 2.05) is 6.07 Å². The lowest BCUT2D eigenvalue weighted by Gasteiger charge is -2.22. The molecule has 0 radical (unpaired) electrons. The van der Waals surface area contributed by atoms with Crippen LogP contribution in [-0.2, 0) is 24.1 Å². The second-order valence-electron chi connectivity index (χ2n) is 7.57. The molecule has 1 amide bonds. The summed E-state index contributed by atoms with van der Waals surface area (Å²) in [5.74, 6) is 0.924. The Bertz CT molecular complexity index is 1060. The van der Waals surface area contributed by atoms with Crippen LogP contribution in [0.3, 0.4) is 0 Å². The van der Waals surface area contributed by atoms with E-state index in [1.165, 1.54) is 23.5 Å². The molecule has 1 aliphatic heterocycles. The van der Waals surface area contributed by atoms with Gasteiger partial charge in [0.2, 0.25) is 11.8 Å². The summed E-state index contributed by atoms with van der Waals surface area (Å²) in [6, 6.07) is 11.7. The maximum Gasteiger partial charge on any atom is 0.416 e. The second kappa shape index (κ2) is 10.2. The highest BCUT2D eigenvalue weighted by atomic mass is 32.1. The molecular weight excluding hydrogens is 455 g/mol. The first-order valence-corrected chi connectivity index (χ1v) is 11.3. The molecule has 0 aliphatic carbocycles. The van der Waals surface area contributed by atoms with Crippen molar-refractivity contribution in [2.24, 2.45) is 0 Å². The zero-order valence-corrected chi connectivity index (χ0v) is 18.4. The molecule has 1 atom stereocenters. The van der Waals surface area contributed by atoms with E-state index in [2.05, 4.69) is 10.3 Å². The van der Waals surface area contributed by atoms with E-state index in [9.17, 15) is 18.0 Å². The first-order chi connectivity index (χ1) is 15.9. The van der Waals surface area contributed by atoms with Crippen molar-refractivity contribution in [2.75, 3.05) is 6.54 Å². The zero-order valence-electron chi connectivity index (χ0n) is 17.5. The van der Waals surface area contributed by atoms with Crippen LogP contribution in [0.5, 0.6) is 11.6 Å². The summed E-state index contributed by atoms with van der Waals surface area (Å²) in [5.41, 5.74) is 2.45. The summed E-state index contributed by atoms with van der Waals surface area (Å²) < 4.78 is 43.7. The molecule has 1 N–H and O–H groups in total. The molecule has 4 rings (SSSR count). The number of benzene rings is 2. The van der Waals surface area contributed by atoms with Crippen LogP contribution in [0, 0.1) is 0 Å². The molecule has 0 bridgehead atoms. The standard InChI is InChI=1S/C23H22F3N3O3S/c24-23(25,26)18-8-6-16(7-9-18)13-31-19-4-1-3-17(11-19)12-27-22(30)20-5-2-10-29(20)32-21-14-33-15-28-21/h1,3-4,6-9,11,14-15,20H,2,5,10,12-13H2,(H,27,30). The Morgan fingerprint density at radius 2 is 2.00 bits per heavy atom. The summed E-state index contributed by atoms with van der Waals surface area (Å²) >= 11 is 1.43. The van der Waals surface area contributed by atoms with Crippen molar-refractivity contribution >= 4 is 17.2 Å². The highest BCUT2D eigenvalue weighted by molar-refractivity contribution is 7.07. The molecule has 1 unspecified atom stereocenters. The summed E-state index contributed by atoms with van der Waals surface area (Å²) in [7, 11) is 0. The molecule has 6 nitrogen and oxygen atoms in total. The normalized spacial score (nSPS) is 16.5. The van der Waals surface area contributed by atoms with Gasteiger partial charge in [0, 0.05) is 13.1 Å². The van der Waals surface area contributed by atoms with Gasteiger partial charge in [-0.1, -0.05) is 24.3 Å². The van der Waals surface area contributed by atoms with Crippen LogP contribution in [0.15, 0.2) is 59.4 Å². The molecular formula is C23H22F3N3O3S. The molecule has 0 saturated carbocycles. The number of ether oxygens (including phenoxy) is 1. The fourth-order valence-corrected chi connectivity index (χ4v) is 3.93. The van der Waals surface area contributed by atoms with E-state index >= 15 is 0 Å². The van der Waals surface area contributed by atoms with Gasteiger partial charge in [0.25, 0.3) is 0 Å². The second-order valence-corrected chi connectivity index (χ2v) is 8.28. The molecule has 1 aliphatic rings. The Labute approximate surface area is 192 Å². The summed E-state index contributed by atoms with van der Waals surface area (Å²) in [4.78, 5) is 22.5. The van der Waals surface area contributed by atoms with E-state index in [0.717, 1.165) is 24.1 Å². The first kappa shape index (κ1) is 23.1. The lowest BCUT2D eigenvalue weighted by molar-refractivity contribution is -0.139. The minimum absolute atomic E-state index is 0.126. The smallest absolute Gasteiger partial charge is 0.416 e. The van der Waals surface area contributed by atoms with Crippen molar-refractivity contribution in [3.63, 3.8) is 0 Å². The number of nitrogens with zero attached hydrogens (tertiary/aromatic N) is 2. The Morgan fingerprint density at radius 1 is 1.18 bits per heavy atom. The number of thiazole rings is 1. The number of hydroxylamine groups is 2. The van der Waals surface area contributed by atoms with Crippen molar-refractivity contribution < 1.29 is 27.5 Å². The molecule has 174 valence electrons. The fraction of sp³-hybridized carbons (Fsp3) is 0.304. The zero-order chi connectivity index (χ0) is 23.3. The summed E-state index contributed by atoms with van der Waals surface area (Å²) in [6.45, 7) is 1.11. The molecule has 1 aromatic heterocycles. The van der Waals surface area contributed by atoms with Crippen LogP contribution >= 0.6 is 11.3 Å². The predicted molar refractivity (Wildman–Crippen MR) is 117 cm³/mol. The molecule has 1 fully saturated rings. The van der Waals surface area contributed by atoms with Crippen molar-refractivity contribution in [2.45, 2.75) is 38.2 Å². The SMILES string of the molecule is O=C(NCc1cccc(OCc2ccc(C(F)(F)F)cc2)c1)C1CCCN1Oc1cscn1. The largest absolute Gasteiger partial charge is 0.489 e.